The number of benzene rings is 1. The van der Waals surface area contributed by atoms with Crippen molar-refractivity contribution >= 4 is 27.5 Å². The van der Waals surface area contributed by atoms with Crippen LogP contribution in [0.25, 0.3) is 0 Å². The molecule has 0 saturated carbocycles. The number of hydrogen-bond donors (Lipinski definition) is 1. The molecule has 5 nitrogen and oxygen atoms in total. The van der Waals surface area contributed by atoms with Crippen molar-refractivity contribution in [3.63, 3.8) is 0 Å². The lowest BCUT2D eigenvalue weighted by Crippen LogP contribution is -2.39. The Balaban J connectivity index is 2.02. The van der Waals surface area contributed by atoms with Gasteiger partial charge >= 0.3 is 0 Å². The van der Waals surface area contributed by atoms with Gasteiger partial charge in [-0.3, -0.25) is 14.4 Å². The van der Waals surface area contributed by atoms with Gasteiger partial charge in [0, 0.05) is 18.1 Å². The minimum Gasteiger partial charge on any atom is -0.322 e. The zero-order chi connectivity index (χ0) is 17.1. The summed E-state index contributed by atoms with van der Waals surface area (Å²) in [6.45, 7) is 6.48. The summed E-state index contributed by atoms with van der Waals surface area (Å²) in [5.74, 6) is -0.0242. The Morgan fingerprint density at radius 2 is 1.96 bits per heavy atom. The molecule has 1 amide bonds. The van der Waals surface area contributed by atoms with Crippen LogP contribution in [0.5, 0.6) is 0 Å². The second kappa shape index (κ2) is 7.27. The number of carbonyl (C=O) groups excluding carboxylic acids is 1. The Bertz CT molecular complexity index is 693. The minimum absolute atomic E-state index is 0.0242. The van der Waals surface area contributed by atoms with Crippen molar-refractivity contribution in [2.24, 2.45) is 7.05 Å². The van der Waals surface area contributed by atoms with E-state index in [0.717, 1.165) is 21.5 Å². The zero-order valence-corrected chi connectivity index (χ0v) is 15.8. The third-order valence-corrected chi connectivity index (χ3v) is 4.67. The molecule has 0 bridgehead atoms. The molecule has 0 radical (unpaired) electrons. The van der Waals surface area contributed by atoms with Crippen LogP contribution in [-0.4, -0.2) is 33.7 Å². The SMILES string of the molecule is Cc1nn(C)c(C)c1NC(=O)C(C)N(C)Cc1ccc(Br)cc1. The van der Waals surface area contributed by atoms with E-state index in [1.807, 2.05) is 51.9 Å². The summed E-state index contributed by atoms with van der Waals surface area (Å²) in [4.78, 5) is 14.5. The summed E-state index contributed by atoms with van der Waals surface area (Å²) in [5.41, 5.74) is 3.77. The Labute approximate surface area is 145 Å². The number of amides is 1. The van der Waals surface area contributed by atoms with Gasteiger partial charge in [-0.2, -0.15) is 5.10 Å². The predicted octanol–water partition coefficient (Wildman–Crippen LogP) is 3.26. The van der Waals surface area contributed by atoms with Crippen LogP contribution in [-0.2, 0) is 18.4 Å². The largest absolute Gasteiger partial charge is 0.322 e. The molecular weight excluding hydrogens is 356 g/mol. The maximum absolute atomic E-state index is 12.5. The Kier molecular flexibility index (Phi) is 5.59. The molecule has 6 heteroatoms. The first-order valence-electron chi connectivity index (χ1n) is 7.55. The molecule has 2 aromatic rings. The first-order valence-corrected chi connectivity index (χ1v) is 8.34. The lowest BCUT2D eigenvalue weighted by Gasteiger charge is -2.24. The zero-order valence-electron chi connectivity index (χ0n) is 14.2. The van der Waals surface area contributed by atoms with E-state index in [9.17, 15) is 4.79 Å². The number of nitrogens with one attached hydrogen (secondary N) is 1. The quantitative estimate of drug-likeness (QED) is 0.868. The van der Waals surface area contributed by atoms with Crippen molar-refractivity contribution in [1.82, 2.24) is 14.7 Å². The Morgan fingerprint density at radius 3 is 2.48 bits per heavy atom. The second-order valence-corrected chi connectivity index (χ2v) is 6.79. The molecule has 0 spiro atoms. The topological polar surface area (TPSA) is 50.2 Å². The first kappa shape index (κ1) is 17.7. The summed E-state index contributed by atoms with van der Waals surface area (Å²) in [6.07, 6.45) is 0. The van der Waals surface area contributed by atoms with Gasteiger partial charge in [0.15, 0.2) is 0 Å². The number of carbonyl (C=O) groups is 1. The summed E-state index contributed by atoms with van der Waals surface area (Å²) in [7, 11) is 3.83. The second-order valence-electron chi connectivity index (χ2n) is 5.88. The smallest absolute Gasteiger partial charge is 0.241 e. The maximum atomic E-state index is 12.5. The molecule has 1 heterocycles. The highest BCUT2D eigenvalue weighted by atomic mass is 79.9. The average molecular weight is 379 g/mol. The lowest BCUT2D eigenvalue weighted by molar-refractivity contribution is -0.120. The number of rotatable bonds is 5. The van der Waals surface area contributed by atoms with Crippen LogP contribution in [0.4, 0.5) is 5.69 Å². The summed E-state index contributed by atoms with van der Waals surface area (Å²) in [5, 5.41) is 7.33. The van der Waals surface area contributed by atoms with Gasteiger partial charge in [-0.25, -0.2) is 0 Å². The molecule has 1 atom stereocenters. The van der Waals surface area contributed by atoms with Crippen LogP contribution in [0.3, 0.4) is 0 Å². The molecule has 1 aromatic heterocycles. The standard InChI is InChI=1S/C17H23BrN4O/c1-11-16(12(2)22(5)20-11)19-17(23)13(3)21(4)10-14-6-8-15(18)9-7-14/h6-9,13H,10H2,1-5H3,(H,19,23). The van der Waals surface area contributed by atoms with Crippen LogP contribution >= 0.6 is 15.9 Å². The van der Waals surface area contributed by atoms with Gasteiger partial charge in [-0.15, -0.1) is 0 Å². The average Bonchev–Trinajstić information content (AvgIpc) is 2.75. The van der Waals surface area contributed by atoms with Gasteiger partial charge in [-0.05, 0) is 45.5 Å². The van der Waals surface area contributed by atoms with Crippen molar-refractivity contribution in [1.29, 1.82) is 0 Å². The highest BCUT2D eigenvalue weighted by molar-refractivity contribution is 9.10. The predicted molar refractivity (Wildman–Crippen MR) is 96.4 cm³/mol. The van der Waals surface area contributed by atoms with Gasteiger partial charge in [0.05, 0.1) is 23.1 Å². The minimum atomic E-state index is -0.238. The van der Waals surface area contributed by atoms with E-state index in [0.29, 0.717) is 6.54 Å². The van der Waals surface area contributed by atoms with Gasteiger partial charge in [0.25, 0.3) is 0 Å². The monoisotopic (exact) mass is 378 g/mol. The molecule has 2 rings (SSSR count). The third kappa shape index (κ3) is 4.20. The fourth-order valence-corrected chi connectivity index (χ4v) is 2.66. The number of anilines is 1. The summed E-state index contributed by atoms with van der Waals surface area (Å²) >= 11 is 3.43. The molecule has 1 unspecified atom stereocenters. The fourth-order valence-electron chi connectivity index (χ4n) is 2.40. The van der Waals surface area contributed by atoms with E-state index in [-0.39, 0.29) is 11.9 Å². The van der Waals surface area contributed by atoms with Gasteiger partial charge in [0.2, 0.25) is 5.91 Å². The number of halogens is 1. The van der Waals surface area contributed by atoms with E-state index in [2.05, 4.69) is 38.5 Å². The van der Waals surface area contributed by atoms with Crippen LogP contribution in [0.1, 0.15) is 23.9 Å². The fraction of sp³-hybridized carbons (Fsp3) is 0.412. The van der Waals surface area contributed by atoms with Crippen LogP contribution < -0.4 is 5.32 Å². The first-order chi connectivity index (χ1) is 10.8. The van der Waals surface area contributed by atoms with Crippen molar-refractivity contribution in [2.45, 2.75) is 33.4 Å². The molecule has 23 heavy (non-hydrogen) atoms. The Morgan fingerprint density at radius 1 is 1.35 bits per heavy atom. The van der Waals surface area contributed by atoms with E-state index >= 15 is 0 Å². The number of nitrogens with zero attached hydrogens (tertiary/aromatic N) is 3. The van der Waals surface area contributed by atoms with Crippen LogP contribution in [0.2, 0.25) is 0 Å². The van der Waals surface area contributed by atoms with Crippen molar-refractivity contribution in [3.8, 4) is 0 Å². The van der Waals surface area contributed by atoms with Gasteiger partial charge in [-0.1, -0.05) is 28.1 Å². The highest BCUT2D eigenvalue weighted by Crippen LogP contribution is 2.19. The molecule has 0 aliphatic carbocycles. The molecule has 0 fully saturated rings. The number of hydrogen-bond acceptors (Lipinski definition) is 3. The molecule has 124 valence electrons. The number of aromatic nitrogens is 2. The Hall–Kier alpha value is -1.66. The van der Waals surface area contributed by atoms with E-state index < -0.39 is 0 Å². The molecule has 0 aliphatic heterocycles. The van der Waals surface area contributed by atoms with Crippen molar-refractivity contribution in [2.75, 3.05) is 12.4 Å². The van der Waals surface area contributed by atoms with Crippen molar-refractivity contribution in [3.05, 3.63) is 45.7 Å². The highest BCUT2D eigenvalue weighted by Gasteiger charge is 2.21. The molecule has 0 aliphatic rings. The van der Waals surface area contributed by atoms with Crippen LogP contribution in [0, 0.1) is 13.8 Å². The third-order valence-electron chi connectivity index (χ3n) is 4.14. The normalized spacial score (nSPS) is 12.5. The van der Waals surface area contributed by atoms with E-state index in [4.69, 9.17) is 0 Å². The molecule has 1 aromatic carbocycles. The van der Waals surface area contributed by atoms with Crippen molar-refractivity contribution < 1.29 is 4.79 Å². The lowest BCUT2D eigenvalue weighted by atomic mass is 10.2. The molecule has 1 N–H and O–H groups in total. The molecular formula is C17H23BrN4O. The summed E-state index contributed by atoms with van der Waals surface area (Å²) < 4.78 is 2.83. The van der Waals surface area contributed by atoms with E-state index in [1.165, 1.54) is 5.56 Å². The molecule has 0 saturated heterocycles. The number of likely N-dealkylation sites (N-methyl/N-ethyl adjacent to an activating group) is 1. The van der Waals surface area contributed by atoms with Gasteiger partial charge < -0.3 is 5.32 Å². The number of aryl methyl sites for hydroxylation is 2. The maximum Gasteiger partial charge on any atom is 0.241 e. The van der Waals surface area contributed by atoms with Gasteiger partial charge in [0.1, 0.15) is 0 Å². The van der Waals surface area contributed by atoms with E-state index in [1.54, 1.807) is 4.68 Å². The van der Waals surface area contributed by atoms with Crippen LogP contribution in [0.15, 0.2) is 28.7 Å². The summed E-state index contributed by atoms with van der Waals surface area (Å²) in [6, 6.07) is 7.89.